The average molecular weight is 504 g/mol. The van der Waals surface area contributed by atoms with Gasteiger partial charge in [0.2, 0.25) is 5.95 Å². The maximum atomic E-state index is 13.2. The van der Waals surface area contributed by atoms with Gasteiger partial charge in [0.25, 0.3) is 5.56 Å². The lowest BCUT2D eigenvalue weighted by atomic mass is 10.1. The van der Waals surface area contributed by atoms with Crippen LogP contribution in [0.4, 0.5) is 11.6 Å². The second-order valence-corrected chi connectivity index (χ2v) is 9.52. The third-order valence-electron chi connectivity index (χ3n) is 6.63. The minimum absolute atomic E-state index is 0.341. The summed E-state index contributed by atoms with van der Waals surface area (Å²) in [4.78, 5) is 35.0. The van der Waals surface area contributed by atoms with Crippen LogP contribution in [0.1, 0.15) is 11.1 Å². The van der Waals surface area contributed by atoms with E-state index in [1.807, 2.05) is 60.0 Å². The van der Waals surface area contributed by atoms with Crippen molar-refractivity contribution in [3.8, 4) is 0 Å². The molecule has 0 saturated carbocycles. The molecule has 1 aliphatic rings. The zero-order valence-electron chi connectivity index (χ0n) is 20.6. The summed E-state index contributed by atoms with van der Waals surface area (Å²) in [5, 5.41) is 3.99. The first-order valence-electron chi connectivity index (χ1n) is 11.9. The summed E-state index contributed by atoms with van der Waals surface area (Å²) in [6, 6.07) is 18.1. The van der Waals surface area contributed by atoms with Gasteiger partial charge in [-0.25, -0.2) is 4.79 Å². The zero-order valence-corrected chi connectivity index (χ0v) is 21.5. The maximum absolute atomic E-state index is 13.2. The molecule has 0 amide bonds. The molecule has 0 unspecified atom stereocenters. The summed E-state index contributed by atoms with van der Waals surface area (Å²) in [5.74, 6) is 0.686. The van der Waals surface area contributed by atoms with Crippen LogP contribution in [-0.2, 0) is 20.6 Å². The highest BCUT2D eigenvalue weighted by molar-refractivity contribution is 7.80. The number of nitrogens with zero attached hydrogens (tertiary/aromatic N) is 6. The molecule has 10 heteroatoms. The molecule has 1 saturated heterocycles. The summed E-state index contributed by atoms with van der Waals surface area (Å²) in [5.41, 5.74) is 3.27. The van der Waals surface area contributed by atoms with Gasteiger partial charge in [0.1, 0.15) is 0 Å². The number of benzene rings is 2. The molecular formula is C26H29N7O2S. The van der Waals surface area contributed by atoms with Crippen LogP contribution in [0.5, 0.6) is 0 Å². The Bertz CT molecular complexity index is 1550. The lowest BCUT2D eigenvalue weighted by molar-refractivity contribution is 0.386. The van der Waals surface area contributed by atoms with Gasteiger partial charge >= 0.3 is 5.69 Å². The molecule has 36 heavy (non-hydrogen) atoms. The maximum Gasteiger partial charge on any atom is 0.332 e. The van der Waals surface area contributed by atoms with Crippen molar-refractivity contribution in [2.45, 2.75) is 13.5 Å². The third-order valence-corrected chi connectivity index (χ3v) is 6.99. The molecule has 3 heterocycles. The Morgan fingerprint density at radius 2 is 1.69 bits per heavy atom. The summed E-state index contributed by atoms with van der Waals surface area (Å²) < 4.78 is 4.54. The Kier molecular flexibility index (Phi) is 6.36. The van der Waals surface area contributed by atoms with Crippen LogP contribution >= 0.6 is 12.2 Å². The van der Waals surface area contributed by atoms with Crippen LogP contribution in [0.25, 0.3) is 11.2 Å². The summed E-state index contributed by atoms with van der Waals surface area (Å²) in [6.07, 6.45) is 0. The number of thiocarbonyl (C=S) groups is 1. The van der Waals surface area contributed by atoms with Crippen molar-refractivity contribution in [1.29, 1.82) is 0 Å². The second kappa shape index (κ2) is 9.62. The first kappa shape index (κ1) is 23.8. The van der Waals surface area contributed by atoms with E-state index >= 15 is 0 Å². The molecule has 186 valence electrons. The fraction of sp³-hybridized carbons (Fsp3) is 0.308. The molecule has 4 aromatic rings. The van der Waals surface area contributed by atoms with Gasteiger partial charge in [-0.2, -0.15) is 4.98 Å². The highest BCUT2D eigenvalue weighted by Crippen LogP contribution is 2.23. The quantitative estimate of drug-likeness (QED) is 0.428. The number of piperazine rings is 1. The Morgan fingerprint density at radius 1 is 0.972 bits per heavy atom. The van der Waals surface area contributed by atoms with Gasteiger partial charge in [-0.15, -0.1) is 0 Å². The van der Waals surface area contributed by atoms with Gasteiger partial charge in [0.15, 0.2) is 16.3 Å². The van der Waals surface area contributed by atoms with Crippen LogP contribution in [0, 0.1) is 6.92 Å². The van der Waals surface area contributed by atoms with Crippen LogP contribution in [-0.4, -0.2) is 54.9 Å². The number of fused-ring (bicyclic) bond motifs is 1. The number of anilines is 2. The number of hydrogen-bond donors (Lipinski definition) is 1. The highest BCUT2D eigenvalue weighted by Gasteiger charge is 2.26. The standard InChI is InChI=1S/C26H29N7O2S/c1-18-8-7-9-19(16-18)17-33-21-22(29(2)26(35)30(3)23(21)34)28-24(33)31-12-14-32(15-13-31)25(36)27-20-10-5-4-6-11-20/h4-11,16H,12-15,17H2,1-3H3,(H,27,36). The number of rotatable bonds is 4. The topological polar surface area (TPSA) is 80.3 Å². The second-order valence-electron chi connectivity index (χ2n) is 9.14. The Hall–Kier alpha value is -3.92. The molecule has 2 aromatic carbocycles. The molecule has 0 bridgehead atoms. The van der Waals surface area contributed by atoms with Crippen molar-refractivity contribution >= 4 is 40.1 Å². The van der Waals surface area contributed by atoms with E-state index < -0.39 is 0 Å². The van der Waals surface area contributed by atoms with Gasteiger partial charge in [0, 0.05) is 46.0 Å². The number of para-hydroxylation sites is 1. The normalized spacial score (nSPS) is 13.9. The predicted octanol–water partition coefficient (Wildman–Crippen LogP) is 2.31. The Labute approximate surface area is 214 Å². The zero-order chi connectivity index (χ0) is 25.4. The van der Waals surface area contributed by atoms with Gasteiger partial charge < -0.3 is 15.1 Å². The van der Waals surface area contributed by atoms with E-state index in [-0.39, 0.29) is 11.2 Å². The number of nitrogens with one attached hydrogen (secondary N) is 1. The van der Waals surface area contributed by atoms with Crippen molar-refractivity contribution in [3.63, 3.8) is 0 Å². The summed E-state index contributed by atoms with van der Waals surface area (Å²) in [6.45, 7) is 5.32. The Morgan fingerprint density at radius 3 is 2.39 bits per heavy atom. The van der Waals surface area contributed by atoms with Crippen molar-refractivity contribution in [1.82, 2.24) is 23.6 Å². The average Bonchev–Trinajstić information content (AvgIpc) is 3.26. The Balaban J connectivity index is 1.47. The summed E-state index contributed by atoms with van der Waals surface area (Å²) >= 11 is 5.64. The monoisotopic (exact) mass is 503 g/mol. The van der Waals surface area contributed by atoms with E-state index in [0.29, 0.717) is 54.9 Å². The molecule has 1 N–H and O–H groups in total. The van der Waals surface area contributed by atoms with Gasteiger partial charge in [-0.05, 0) is 36.8 Å². The van der Waals surface area contributed by atoms with Crippen molar-refractivity contribution < 1.29 is 0 Å². The van der Waals surface area contributed by atoms with Gasteiger partial charge in [-0.3, -0.25) is 18.5 Å². The predicted molar refractivity (Wildman–Crippen MR) is 147 cm³/mol. The molecular weight excluding hydrogens is 474 g/mol. The number of hydrogen-bond acceptors (Lipinski definition) is 5. The van der Waals surface area contributed by atoms with Crippen molar-refractivity contribution in [2.24, 2.45) is 14.1 Å². The molecule has 0 atom stereocenters. The largest absolute Gasteiger partial charge is 0.345 e. The van der Waals surface area contributed by atoms with Gasteiger partial charge in [0.05, 0.1) is 6.54 Å². The molecule has 0 aliphatic carbocycles. The van der Waals surface area contributed by atoms with E-state index in [2.05, 4.69) is 21.2 Å². The minimum Gasteiger partial charge on any atom is -0.345 e. The lowest BCUT2D eigenvalue weighted by Gasteiger charge is -2.36. The van der Waals surface area contributed by atoms with Crippen LogP contribution < -0.4 is 21.5 Å². The van der Waals surface area contributed by atoms with E-state index in [4.69, 9.17) is 17.2 Å². The summed E-state index contributed by atoms with van der Waals surface area (Å²) in [7, 11) is 3.16. The molecule has 0 radical (unpaired) electrons. The number of aryl methyl sites for hydroxylation is 2. The van der Waals surface area contributed by atoms with Crippen molar-refractivity contribution in [2.75, 3.05) is 36.4 Å². The van der Waals surface area contributed by atoms with Crippen LogP contribution in [0.2, 0.25) is 0 Å². The first-order valence-corrected chi connectivity index (χ1v) is 12.3. The molecule has 2 aromatic heterocycles. The van der Waals surface area contributed by atoms with E-state index in [0.717, 1.165) is 21.4 Å². The molecule has 1 fully saturated rings. The molecule has 5 rings (SSSR count). The fourth-order valence-corrected chi connectivity index (χ4v) is 4.95. The SMILES string of the molecule is Cc1cccc(Cn2c(N3CCN(C(=S)Nc4ccccc4)CC3)nc3c2c(=O)n(C)c(=O)n3C)c1. The smallest absolute Gasteiger partial charge is 0.332 e. The molecule has 1 aliphatic heterocycles. The number of aromatic nitrogens is 4. The molecule has 9 nitrogen and oxygen atoms in total. The molecule has 0 spiro atoms. The van der Waals surface area contributed by atoms with E-state index in [1.54, 1.807) is 7.05 Å². The third kappa shape index (κ3) is 4.39. The van der Waals surface area contributed by atoms with E-state index in [9.17, 15) is 9.59 Å². The highest BCUT2D eigenvalue weighted by atomic mass is 32.1. The number of imidazole rings is 1. The minimum atomic E-state index is -0.388. The van der Waals surface area contributed by atoms with Crippen LogP contribution in [0.3, 0.4) is 0 Å². The first-order chi connectivity index (χ1) is 17.3. The van der Waals surface area contributed by atoms with Gasteiger partial charge in [-0.1, -0.05) is 48.0 Å². The fourth-order valence-electron chi connectivity index (χ4n) is 4.65. The van der Waals surface area contributed by atoms with Crippen LogP contribution in [0.15, 0.2) is 64.2 Å². The lowest BCUT2D eigenvalue weighted by Crippen LogP contribution is -2.50. The van der Waals surface area contributed by atoms with Crippen molar-refractivity contribution in [3.05, 3.63) is 86.6 Å². The van der Waals surface area contributed by atoms with E-state index in [1.165, 1.54) is 11.6 Å².